The minimum atomic E-state index is -1.46. The number of hydrogen-bond donors (Lipinski definition) is 3. The molecule has 2 amide bonds. The summed E-state index contributed by atoms with van der Waals surface area (Å²) in [5.74, 6) is -4.26. The van der Waals surface area contributed by atoms with E-state index in [0.717, 1.165) is 6.07 Å². The number of amides is 2. The zero-order valence-corrected chi connectivity index (χ0v) is 13.2. The summed E-state index contributed by atoms with van der Waals surface area (Å²) in [5, 5.41) is 27.8. The molecule has 0 aliphatic carbocycles. The minimum Gasteiger partial charge on any atom is -0.508 e. The van der Waals surface area contributed by atoms with Gasteiger partial charge in [-0.1, -0.05) is 12.1 Å². The molecule has 0 aromatic heterocycles. The number of benzene rings is 2. The molecule has 8 nitrogen and oxygen atoms in total. The standard InChI is InChI=1S/C18H13NO7/c20-11-4-1-9(2-5-11)7-14(18(25)26)19-15(21)12-6-3-10(17(23)24)8-13(12)16(19)22/h1-6,8,14,20H,7H2,(H,23,24)(H,25,26)/t14-/m1/s1. The van der Waals surface area contributed by atoms with Crippen LogP contribution in [0.15, 0.2) is 42.5 Å². The fourth-order valence-corrected chi connectivity index (χ4v) is 2.82. The van der Waals surface area contributed by atoms with Crippen molar-refractivity contribution in [3.8, 4) is 5.75 Å². The number of imide groups is 1. The third-order valence-electron chi connectivity index (χ3n) is 4.13. The van der Waals surface area contributed by atoms with Gasteiger partial charge < -0.3 is 15.3 Å². The lowest BCUT2D eigenvalue weighted by Gasteiger charge is -2.22. The third-order valence-corrected chi connectivity index (χ3v) is 4.13. The van der Waals surface area contributed by atoms with E-state index in [2.05, 4.69) is 0 Å². The monoisotopic (exact) mass is 355 g/mol. The van der Waals surface area contributed by atoms with Crippen LogP contribution in [-0.4, -0.2) is 50.0 Å². The third kappa shape index (κ3) is 2.88. The maximum absolute atomic E-state index is 12.6. The summed E-state index contributed by atoms with van der Waals surface area (Å²) in [6.07, 6.45) is -0.146. The van der Waals surface area contributed by atoms with Crippen molar-refractivity contribution in [3.05, 3.63) is 64.7 Å². The highest BCUT2D eigenvalue weighted by atomic mass is 16.4. The quantitative estimate of drug-likeness (QED) is 0.690. The van der Waals surface area contributed by atoms with E-state index in [1.54, 1.807) is 0 Å². The lowest BCUT2D eigenvalue weighted by Crippen LogP contribution is -2.46. The minimum absolute atomic E-state index is 0.00237. The largest absolute Gasteiger partial charge is 0.508 e. The zero-order chi connectivity index (χ0) is 19.0. The summed E-state index contributed by atoms with van der Waals surface area (Å²) in [6, 6.07) is 7.73. The molecule has 0 spiro atoms. The van der Waals surface area contributed by atoms with E-state index in [0.29, 0.717) is 10.5 Å². The predicted molar refractivity (Wildman–Crippen MR) is 87.1 cm³/mol. The molecule has 3 rings (SSSR count). The highest BCUT2D eigenvalue weighted by Gasteiger charge is 2.43. The number of nitrogens with zero attached hydrogens (tertiary/aromatic N) is 1. The Bertz CT molecular complexity index is 933. The molecule has 26 heavy (non-hydrogen) atoms. The van der Waals surface area contributed by atoms with Crippen molar-refractivity contribution >= 4 is 23.8 Å². The van der Waals surface area contributed by atoms with Crippen molar-refractivity contribution < 1.29 is 34.5 Å². The Balaban J connectivity index is 1.96. The van der Waals surface area contributed by atoms with Crippen LogP contribution in [0.25, 0.3) is 0 Å². The van der Waals surface area contributed by atoms with Gasteiger partial charge in [0, 0.05) is 6.42 Å². The van der Waals surface area contributed by atoms with Crippen molar-refractivity contribution in [1.82, 2.24) is 4.90 Å². The molecule has 2 aromatic carbocycles. The molecule has 0 saturated carbocycles. The number of carbonyl (C=O) groups is 4. The lowest BCUT2D eigenvalue weighted by molar-refractivity contribution is -0.141. The van der Waals surface area contributed by atoms with Crippen molar-refractivity contribution in [2.24, 2.45) is 0 Å². The normalized spacial score (nSPS) is 14.2. The molecule has 0 saturated heterocycles. The number of carboxylic acids is 2. The maximum atomic E-state index is 12.6. The molecular weight excluding hydrogens is 342 g/mol. The van der Waals surface area contributed by atoms with Gasteiger partial charge in [0.2, 0.25) is 0 Å². The number of aromatic hydroxyl groups is 1. The second-order valence-electron chi connectivity index (χ2n) is 5.77. The van der Waals surface area contributed by atoms with Crippen molar-refractivity contribution in [1.29, 1.82) is 0 Å². The van der Waals surface area contributed by atoms with Gasteiger partial charge in [-0.25, -0.2) is 9.59 Å². The number of aliphatic carboxylic acids is 1. The first-order chi connectivity index (χ1) is 12.3. The van der Waals surface area contributed by atoms with E-state index < -0.39 is 29.8 Å². The molecule has 1 heterocycles. The molecule has 1 aliphatic heterocycles. The Kier molecular flexibility index (Phi) is 4.17. The van der Waals surface area contributed by atoms with Crippen LogP contribution in [0.2, 0.25) is 0 Å². The highest BCUT2D eigenvalue weighted by Crippen LogP contribution is 2.27. The number of carboxylic acid groups (broad SMARTS) is 2. The molecule has 2 aromatic rings. The summed E-state index contributed by atoms with van der Waals surface area (Å²) in [6.45, 7) is 0. The van der Waals surface area contributed by atoms with Gasteiger partial charge in [0.15, 0.2) is 0 Å². The molecular formula is C18H13NO7. The van der Waals surface area contributed by atoms with Gasteiger partial charge in [0.05, 0.1) is 16.7 Å². The topological polar surface area (TPSA) is 132 Å². The van der Waals surface area contributed by atoms with E-state index in [1.165, 1.54) is 36.4 Å². The Morgan fingerprint density at radius 2 is 1.54 bits per heavy atom. The fourth-order valence-electron chi connectivity index (χ4n) is 2.82. The molecule has 0 bridgehead atoms. The molecule has 8 heteroatoms. The van der Waals surface area contributed by atoms with Crippen molar-refractivity contribution in [3.63, 3.8) is 0 Å². The number of fused-ring (bicyclic) bond motifs is 1. The van der Waals surface area contributed by atoms with Crippen molar-refractivity contribution in [2.45, 2.75) is 12.5 Å². The first-order valence-electron chi connectivity index (χ1n) is 7.55. The van der Waals surface area contributed by atoms with E-state index >= 15 is 0 Å². The van der Waals surface area contributed by atoms with Gasteiger partial charge >= 0.3 is 11.9 Å². The highest BCUT2D eigenvalue weighted by molar-refractivity contribution is 6.23. The number of phenolic OH excluding ortho intramolecular Hbond substituents is 1. The van der Waals surface area contributed by atoms with Gasteiger partial charge in [-0.2, -0.15) is 0 Å². The van der Waals surface area contributed by atoms with Gasteiger partial charge in [0.1, 0.15) is 11.8 Å². The average molecular weight is 355 g/mol. The second-order valence-corrected chi connectivity index (χ2v) is 5.77. The second kappa shape index (κ2) is 6.32. The SMILES string of the molecule is O=C(O)c1ccc2c(c1)C(=O)N([C@H](Cc1ccc(O)cc1)C(=O)O)C2=O. The predicted octanol–water partition coefficient (Wildman–Crippen LogP) is 1.38. The summed E-state index contributed by atoms with van der Waals surface area (Å²) in [4.78, 5) is 48.5. The molecule has 0 radical (unpaired) electrons. The number of aromatic carboxylic acids is 1. The Morgan fingerprint density at radius 3 is 2.12 bits per heavy atom. The van der Waals surface area contributed by atoms with Gasteiger partial charge in [-0.05, 0) is 35.9 Å². The van der Waals surface area contributed by atoms with Gasteiger partial charge in [-0.15, -0.1) is 0 Å². The smallest absolute Gasteiger partial charge is 0.335 e. The molecule has 0 fully saturated rings. The maximum Gasteiger partial charge on any atom is 0.335 e. The molecule has 1 aliphatic rings. The van der Waals surface area contributed by atoms with Crippen LogP contribution in [0.5, 0.6) is 5.75 Å². The number of hydrogen-bond acceptors (Lipinski definition) is 5. The van der Waals surface area contributed by atoms with Crippen LogP contribution < -0.4 is 0 Å². The van der Waals surface area contributed by atoms with Crippen molar-refractivity contribution in [2.75, 3.05) is 0 Å². The first-order valence-corrected chi connectivity index (χ1v) is 7.55. The first kappa shape index (κ1) is 17.2. The van der Waals surface area contributed by atoms with Crippen LogP contribution >= 0.6 is 0 Å². The summed E-state index contributed by atoms with van der Waals surface area (Å²) in [7, 11) is 0. The summed E-state index contributed by atoms with van der Waals surface area (Å²) < 4.78 is 0. The molecule has 0 unspecified atom stereocenters. The number of rotatable bonds is 5. The molecule has 132 valence electrons. The molecule has 3 N–H and O–H groups in total. The van der Waals surface area contributed by atoms with E-state index in [9.17, 15) is 29.4 Å². The van der Waals surface area contributed by atoms with Crippen LogP contribution in [0.1, 0.15) is 36.6 Å². The fraction of sp³-hybridized carbons (Fsp3) is 0.111. The summed E-state index contributed by atoms with van der Waals surface area (Å²) in [5.41, 5.74) is 0.180. The van der Waals surface area contributed by atoms with E-state index in [-0.39, 0.29) is 28.9 Å². The van der Waals surface area contributed by atoms with E-state index in [1.807, 2.05) is 0 Å². The number of phenols is 1. The lowest BCUT2D eigenvalue weighted by atomic mass is 10.0. The average Bonchev–Trinajstić information content (AvgIpc) is 2.85. The molecule has 1 atom stereocenters. The van der Waals surface area contributed by atoms with Gasteiger partial charge in [-0.3, -0.25) is 14.5 Å². The van der Waals surface area contributed by atoms with Crippen LogP contribution in [0, 0.1) is 0 Å². The van der Waals surface area contributed by atoms with Crippen LogP contribution in [0.4, 0.5) is 0 Å². The Labute approximate surface area is 146 Å². The Morgan fingerprint density at radius 1 is 0.923 bits per heavy atom. The number of carbonyl (C=O) groups excluding carboxylic acids is 2. The summed E-state index contributed by atoms with van der Waals surface area (Å²) >= 11 is 0. The van der Waals surface area contributed by atoms with Crippen LogP contribution in [-0.2, 0) is 11.2 Å². The van der Waals surface area contributed by atoms with E-state index in [4.69, 9.17) is 5.11 Å². The zero-order valence-electron chi connectivity index (χ0n) is 13.2. The van der Waals surface area contributed by atoms with Gasteiger partial charge in [0.25, 0.3) is 11.8 Å². The Hall–Kier alpha value is -3.68. The van der Waals surface area contributed by atoms with Crippen LogP contribution in [0.3, 0.4) is 0 Å².